The lowest BCUT2D eigenvalue weighted by molar-refractivity contribution is -0.384. The van der Waals surface area contributed by atoms with E-state index in [1.54, 1.807) is 31.2 Å². The summed E-state index contributed by atoms with van der Waals surface area (Å²) in [5.41, 5.74) is 0.324. The first-order valence-electron chi connectivity index (χ1n) is 9.83. The van der Waals surface area contributed by atoms with Crippen molar-refractivity contribution in [2.75, 3.05) is 0 Å². The van der Waals surface area contributed by atoms with Gasteiger partial charge in [-0.2, -0.15) is 0 Å². The van der Waals surface area contributed by atoms with Gasteiger partial charge in [-0.1, -0.05) is 35.1 Å². The molecule has 3 heterocycles. The highest BCUT2D eigenvalue weighted by Crippen LogP contribution is 2.45. The van der Waals surface area contributed by atoms with Crippen molar-refractivity contribution in [2.24, 2.45) is 0 Å². The van der Waals surface area contributed by atoms with Crippen LogP contribution >= 0.6 is 22.9 Å². The molecule has 0 bridgehead atoms. The number of hydrogen-bond acceptors (Lipinski definition) is 8. The summed E-state index contributed by atoms with van der Waals surface area (Å²) in [7, 11) is 0. The molecule has 0 saturated heterocycles. The Balaban J connectivity index is 1.83. The molecule has 34 heavy (non-hydrogen) atoms. The zero-order valence-electron chi connectivity index (χ0n) is 17.4. The van der Waals surface area contributed by atoms with Gasteiger partial charge in [0, 0.05) is 22.7 Å². The number of halogens is 1. The predicted octanol–water partition coefficient (Wildman–Crippen LogP) is 5.86. The number of nitro groups is 1. The van der Waals surface area contributed by atoms with E-state index in [0.717, 1.165) is 11.3 Å². The summed E-state index contributed by atoms with van der Waals surface area (Å²) in [6.45, 7) is 1.66. The fourth-order valence-corrected chi connectivity index (χ4v) is 4.90. The summed E-state index contributed by atoms with van der Waals surface area (Å²) in [6, 6.07) is 13.6. The SMILES string of the molecule is Cc1ccc(C(=O)c2c(O)c(O)n(-c3nc4ccc(Cl)cc4s3)c2-c2cccc([N+](=O)[O-])c2)o1. The van der Waals surface area contributed by atoms with Crippen LogP contribution in [0.2, 0.25) is 5.02 Å². The molecule has 3 aromatic heterocycles. The Labute approximate surface area is 200 Å². The number of carbonyl (C=O) groups excluding carboxylic acids is 1. The van der Waals surface area contributed by atoms with Crippen molar-refractivity contribution in [2.45, 2.75) is 6.92 Å². The number of fused-ring (bicyclic) bond motifs is 1. The van der Waals surface area contributed by atoms with Gasteiger partial charge in [-0.15, -0.1) is 0 Å². The first kappa shape index (κ1) is 21.7. The molecular weight excluding hydrogens is 482 g/mol. The maximum absolute atomic E-state index is 13.4. The van der Waals surface area contributed by atoms with Crippen LogP contribution in [0.4, 0.5) is 5.69 Å². The van der Waals surface area contributed by atoms with Crippen LogP contribution in [-0.4, -0.2) is 30.5 Å². The second-order valence-electron chi connectivity index (χ2n) is 7.39. The van der Waals surface area contributed by atoms with Crippen LogP contribution in [0.5, 0.6) is 11.6 Å². The average molecular weight is 496 g/mol. The quantitative estimate of drug-likeness (QED) is 0.177. The Hall–Kier alpha value is -4.15. The van der Waals surface area contributed by atoms with E-state index in [0.29, 0.717) is 21.0 Å². The third kappa shape index (κ3) is 3.49. The molecule has 11 heteroatoms. The summed E-state index contributed by atoms with van der Waals surface area (Å²) in [5.74, 6) is -1.62. The molecule has 2 aromatic carbocycles. The van der Waals surface area contributed by atoms with Crippen molar-refractivity contribution >= 4 is 44.6 Å². The summed E-state index contributed by atoms with van der Waals surface area (Å²) in [5, 5.41) is 33.9. The van der Waals surface area contributed by atoms with Crippen molar-refractivity contribution < 1.29 is 24.3 Å². The Morgan fingerprint density at radius 1 is 1.18 bits per heavy atom. The zero-order valence-corrected chi connectivity index (χ0v) is 18.9. The molecule has 5 rings (SSSR count). The number of aryl methyl sites for hydroxylation is 1. The van der Waals surface area contributed by atoms with Gasteiger partial charge in [-0.05, 0) is 37.3 Å². The number of hydrogen-bond donors (Lipinski definition) is 2. The summed E-state index contributed by atoms with van der Waals surface area (Å²) in [6.07, 6.45) is 0. The van der Waals surface area contributed by atoms with Crippen molar-refractivity contribution in [1.29, 1.82) is 0 Å². The van der Waals surface area contributed by atoms with E-state index in [4.69, 9.17) is 16.0 Å². The summed E-state index contributed by atoms with van der Waals surface area (Å²) < 4.78 is 7.33. The van der Waals surface area contributed by atoms with Crippen molar-refractivity contribution in [1.82, 2.24) is 9.55 Å². The number of furan rings is 1. The fourth-order valence-electron chi connectivity index (χ4n) is 3.65. The van der Waals surface area contributed by atoms with Crippen LogP contribution in [0.25, 0.3) is 26.6 Å². The predicted molar refractivity (Wildman–Crippen MR) is 126 cm³/mol. The minimum absolute atomic E-state index is 0.0305. The minimum Gasteiger partial charge on any atom is -0.503 e. The molecule has 0 atom stereocenters. The molecule has 9 nitrogen and oxygen atoms in total. The minimum atomic E-state index is -0.703. The van der Waals surface area contributed by atoms with E-state index < -0.39 is 22.3 Å². The number of benzene rings is 2. The lowest BCUT2D eigenvalue weighted by Gasteiger charge is -2.09. The summed E-state index contributed by atoms with van der Waals surface area (Å²) in [4.78, 5) is 28.7. The van der Waals surface area contributed by atoms with Gasteiger partial charge in [0.25, 0.3) is 5.69 Å². The van der Waals surface area contributed by atoms with Gasteiger partial charge in [-0.3, -0.25) is 19.5 Å². The first-order valence-corrected chi connectivity index (χ1v) is 11.0. The number of nitrogens with zero attached hydrogens (tertiary/aromatic N) is 3. The molecule has 0 aliphatic rings. The van der Waals surface area contributed by atoms with Crippen LogP contribution in [0.1, 0.15) is 21.9 Å². The first-order chi connectivity index (χ1) is 16.2. The maximum atomic E-state index is 13.4. The van der Waals surface area contributed by atoms with Crippen molar-refractivity contribution in [3.8, 4) is 28.0 Å². The van der Waals surface area contributed by atoms with Crippen LogP contribution in [0, 0.1) is 17.0 Å². The average Bonchev–Trinajstić information content (AvgIpc) is 3.49. The number of ketones is 1. The maximum Gasteiger partial charge on any atom is 0.270 e. The van der Waals surface area contributed by atoms with Crippen LogP contribution in [-0.2, 0) is 0 Å². The molecule has 0 amide bonds. The number of rotatable bonds is 5. The number of nitro benzene ring substituents is 1. The fraction of sp³-hybridized carbons (Fsp3) is 0.0435. The lowest BCUT2D eigenvalue weighted by Crippen LogP contribution is -2.04. The third-order valence-electron chi connectivity index (χ3n) is 5.17. The standard InChI is InChI=1S/C23H14ClN3O6S/c1-11-5-8-16(33-11)20(28)18-19(12-3-2-4-14(9-12)27(31)32)26(22(30)21(18)29)23-25-15-7-6-13(24)10-17(15)34-23/h2-10,29-30H,1H3. The van der Waals surface area contributed by atoms with E-state index in [1.807, 2.05) is 0 Å². The van der Waals surface area contributed by atoms with E-state index in [-0.39, 0.29) is 33.4 Å². The van der Waals surface area contributed by atoms with Gasteiger partial charge in [0.05, 0.1) is 26.4 Å². The molecule has 2 N–H and O–H groups in total. The highest BCUT2D eigenvalue weighted by molar-refractivity contribution is 7.20. The van der Waals surface area contributed by atoms with E-state index in [1.165, 1.54) is 34.9 Å². The Morgan fingerprint density at radius 2 is 1.97 bits per heavy atom. The highest BCUT2D eigenvalue weighted by atomic mass is 35.5. The molecular formula is C23H14ClN3O6S. The second-order valence-corrected chi connectivity index (χ2v) is 8.83. The Morgan fingerprint density at radius 3 is 2.68 bits per heavy atom. The van der Waals surface area contributed by atoms with E-state index in [9.17, 15) is 25.1 Å². The lowest BCUT2D eigenvalue weighted by atomic mass is 10.0. The van der Waals surface area contributed by atoms with E-state index >= 15 is 0 Å². The van der Waals surface area contributed by atoms with Crippen molar-refractivity contribution in [3.63, 3.8) is 0 Å². The molecule has 0 fully saturated rings. The highest BCUT2D eigenvalue weighted by Gasteiger charge is 2.32. The molecule has 0 saturated carbocycles. The molecule has 0 aliphatic carbocycles. The molecule has 0 unspecified atom stereocenters. The van der Waals surface area contributed by atoms with Gasteiger partial charge in [0.15, 0.2) is 16.6 Å². The number of aromatic hydroxyl groups is 2. The van der Waals surface area contributed by atoms with Crippen molar-refractivity contribution in [3.05, 3.63) is 86.8 Å². The van der Waals surface area contributed by atoms with E-state index in [2.05, 4.69) is 4.98 Å². The smallest absolute Gasteiger partial charge is 0.270 e. The van der Waals surface area contributed by atoms with Gasteiger partial charge in [-0.25, -0.2) is 4.98 Å². The largest absolute Gasteiger partial charge is 0.503 e. The topological polar surface area (TPSA) is 132 Å². The molecule has 0 aliphatic heterocycles. The number of thiazole rings is 1. The third-order valence-corrected chi connectivity index (χ3v) is 6.41. The van der Waals surface area contributed by atoms with Gasteiger partial charge >= 0.3 is 0 Å². The molecule has 5 aromatic rings. The number of carbonyl (C=O) groups is 1. The Bertz CT molecular complexity index is 1620. The zero-order chi connectivity index (χ0) is 24.1. The molecule has 170 valence electrons. The van der Waals surface area contributed by atoms with Gasteiger partial charge in [0.1, 0.15) is 5.76 Å². The second kappa shape index (κ2) is 8.01. The van der Waals surface area contributed by atoms with Crippen LogP contribution in [0.3, 0.4) is 0 Å². The molecule has 0 spiro atoms. The van der Waals surface area contributed by atoms with Gasteiger partial charge in [0.2, 0.25) is 11.7 Å². The van der Waals surface area contributed by atoms with Crippen LogP contribution in [0.15, 0.2) is 59.0 Å². The summed E-state index contributed by atoms with van der Waals surface area (Å²) >= 11 is 7.24. The number of non-ortho nitro benzene ring substituents is 1. The van der Waals surface area contributed by atoms with Gasteiger partial charge < -0.3 is 14.6 Å². The molecule has 0 radical (unpaired) electrons. The van der Waals surface area contributed by atoms with Crippen LogP contribution < -0.4 is 0 Å². The normalized spacial score (nSPS) is 11.2. The number of aromatic nitrogens is 2. The Kier molecular flexibility index (Phi) is 5.11. The monoisotopic (exact) mass is 495 g/mol.